The molecular weight excluding hydrogens is 390 g/mol. The van der Waals surface area contributed by atoms with Crippen molar-refractivity contribution in [2.75, 3.05) is 17.7 Å². The monoisotopic (exact) mass is 407 g/mol. The molecule has 8 heteroatoms. The minimum absolute atomic E-state index is 0.534. The number of hydrogen-bond donors (Lipinski definition) is 2. The lowest BCUT2D eigenvalue weighted by atomic mass is 10.1. The lowest BCUT2D eigenvalue weighted by Crippen LogP contribution is -2.00. The number of aromatic nitrogens is 3. The van der Waals surface area contributed by atoms with E-state index in [9.17, 15) is 4.79 Å². The summed E-state index contributed by atoms with van der Waals surface area (Å²) in [6, 6.07) is 11.3. The maximum atomic E-state index is 10.7. The van der Waals surface area contributed by atoms with Crippen LogP contribution in [0.25, 0.3) is 16.9 Å². The molecule has 0 spiro atoms. The third-order valence-corrected chi connectivity index (χ3v) is 4.87. The highest BCUT2D eigenvalue weighted by Crippen LogP contribution is 2.31. The summed E-state index contributed by atoms with van der Waals surface area (Å²) >= 11 is 6.28. The third kappa shape index (κ3) is 3.60. The van der Waals surface area contributed by atoms with Crippen molar-refractivity contribution in [1.82, 2.24) is 14.4 Å². The van der Waals surface area contributed by atoms with Crippen molar-refractivity contribution in [1.29, 1.82) is 0 Å². The average molecular weight is 408 g/mol. The largest absolute Gasteiger partial charge is 0.495 e. The van der Waals surface area contributed by atoms with E-state index in [-0.39, 0.29) is 0 Å². The van der Waals surface area contributed by atoms with E-state index in [1.165, 1.54) is 0 Å². The Morgan fingerprint density at radius 1 is 1.17 bits per heavy atom. The number of benzene rings is 2. The fraction of sp³-hybridized carbons (Fsp3) is 0.0952. The molecule has 0 saturated heterocycles. The van der Waals surface area contributed by atoms with E-state index in [1.807, 2.05) is 53.9 Å². The number of carbonyl (C=O) groups excluding carboxylic acids is 1. The van der Waals surface area contributed by atoms with Gasteiger partial charge >= 0.3 is 0 Å². The molecule has 0 unspecified atom stereocenters. The number of aryl methyl sites for hydroxylation is 1. The van der Waals surface area contributed by atoms with Gasteiger partial charge in [-0.05, 0) is 48.9 Å². The number of nitrogens with zero attached hydrogens (tertiary/aromatic N) is 3. The fourth-order valence-electron chi connectivity index (χ4n) is 3.15. The van der Waals surface area contributed by atoms with E-state index in [0.717, 1.165) is 28.2 Å². The summed E-state index contributed by atoms with van der Waals surface area (Å²) in [5, 5.41) is 6.50. The smallest absolute Gasteiger partial charge is 0.211 e. The molecule has 0 aliphatic carbocycles. The molecule has 2 aromatic heterocycles. The zero-order valence-electron chi connectivity index (χ0n) is 15.8. The van der Waals surface area contributed by atoms with Crippen LogP contribution in [0.3, 0.4) is 0 Å². The Morgan fingerprint density at radius 2 is 2.03 bits per heavy atom. The zero-order valence-corrected chi connectivity index (χ0v) is 16.6. The number of carbonyl (C=O) groups is 1. The fourth-order valence-corrected chi connectivity index (χ4v) is 3.41. The normalized spacial score (nSPS) is 10.7. The number of methoxy groups -OCH3 is 1. The summed E-state index contributed by atoms with van der Waals surface area (Å²) in [6.45, 7) is 1.92. The molecule has 7 nitrogen and oxygen atoms in total. The van der Waals surface area contributed by atoms with Gasteiger partial charge in [0.15, 0.2) is 11.5 Å². The maximum absolute atomic E-state index is 10.7. The topological polar surface area (TPSA) is 80.5 Å². The first-order chi connectivity index (χ1) is 14.1. The number of rotatable bonds is 6. The minimum atomic E-state index is 0.534. The SMILES string of the molecule is COc1ccc(-c2cnc3c(Nc4ccc(NC=O)c(C)c4)nccn23)cc1Cl. The van der Waals surface area contributed by atoms with Gasteiger partial charge in [-0.15, -0.1) is 0 Å². The molecule has 0 aliphatic rings. The Balaban J connectivity index is 1.70. The number of imidazole rings is 1. The zero-order chi connectivity index (χ0) is 20.4. The molecule has 2 heterocycles. The standard InChI is InChI=1S/C21H18ClN5O2/c1-13-9-15(4-5-17(13)25-12-28)26-20-21-24-11-18(27(21)8-7-23-20)14-3-6-19(29-2)16(22)10-14/h3-12H,1-2H3,(H,23,26)(H,25,28). The van der Waals surface area contributed by atoms with Gasteiger partial charge in [0.25, 0.3) is 0 Å². The van der Waals surface area contributed by atoms with Crippen LogP contribution in [0.4, 0.5) is 17.2 Å². The molecule has 0 fully saturated rings. The highest BCUT2D eigenvalue weighted by Gasteiger charge is 2.12. The van der Waals surface area contributed by atoms with Gasteiger partial charge in [-0.2, -0.15) is 0 Å². The van der Waals surface area contributed by atoms with Gasteiger partial charge in [-0.3, -0.25) is 9.20 Å². The van der Waals surface area contributed by atoms with Gasteiger partial charge in [-0.1, -0.05) is 11.6 Å². The van der Waals surface area contributed by atoms with Gasteiger partial charge in [0, 0.05) is 29.3 Å². The summed E-state index contributed by atoms with van der Waals surface area (Å²) in [4.78, 5) is 19.6. The molecule has 1 amide bonds. The quantitative estimate of drug-likeness (QED) is 0.453. The van der Waals surface area contributed by atoms with Crippen molar-refractivity contribution in [3.63, 3.8) is 0 Å². The Bertz CT molecular complexity index is 1210. The van der Waals surface area contributed by atoms with E-state index in [2.05, 4.69) is 20.6 Å². The average Bonchev–Trinajstić information content (AvgIpc) is 3.15. The second-order valence-electron chi connectivity index (χ2n) is 6.38. The molecule has 146 valence electrons. The van der Waals surface area contributed by atoms with Crippen molar-refractivity contribution in [3.05, 3.63) is 65.6 Å². The Kier molecular flexibility index (Phi) is 5.05. The van der Waals surface area contributed by atoms with Gasteiger partial charge in [-0.25, -0.2) is 9.97 Å². The van der Waals surface area contributed by atoms with Gasteiger partial charge in [0.2, 0.25) is 6.41 Å². The summed E-state index contributed by atoms with van der Waals surface area (Å²) in [5.41, 5.74) is 5.03. The molecule has 2 aromatic carbocycles. The lowest BCUT2D eigenvalue weighted by Gasteiger charge is -2.11. The van der Waals surface area contributed by atoms with Crippen molar-refractivity contribution in [2.24, 2.45) is 0 Å². The Hall–Kier alpha value is -3.58. The van der Waals surface area contributed by atoms with Crippen molar-refractivity contribution in [3.8, 4) is 17.0 Å². The molecule has 0 bridgehead atoms. The van der Waals surface area contributed by atoms with E-state index in [4.69, 9.17) is 16.3 Å². The van der Waals surface area contributed by atoms with E-state index in [1.54, 1.807) is 19.5 Å². The Labute approximate surface area is 172 Å². The number of fused-ring (bicyclic) bond motifs is 1. The molecule has 0 radical (unpaired) electrons. The van der Waals surface area contributed by atoms with Crippen LogP contribution in [0.2, 0.25) is 5.02 Å². The molecular formula is C21H18ClN5O2. The summed E-state index contributed by atoms with van der Waals surface area (Å²) < 4.78 is 7.17. The molecule has 0 aliphatic heterocycles. The highest BCUT2D eigenvalue weighted by atomic mass is 35.5. The van der Waals surface area contributed by atoms with Crippen molar-refractivity contribution >= 4 is 40.9 Å². The molecule has 0 saturated carbocycles. The highest BCUT2D eigenvalue weighted by molar-refractivity contribution is 6.32. The van der Waals surface area contributed by atoms with Crippen LogP contribution >= 0.6 is 11.6 Å². The van der Waals surface area contributed by atoms with Crippen LogP contribution in [0.1, 0.15) is 5.56 Å². The predicted octanol–water partition coefficient (Wildman–Crippen LogP) is 4.68. The summed E-state index contributed by atoms with van der Waals surface area (Å²) in [5.74, 6) is 1.24. The van der Waals surface area contributed by atoms with Crippen LogP contribution in [0.15, 0.2) is 55.0 Å². The number of ether oxygens (including phenoxy) is 1. The van der Waals surface area contributed by atoms with Crippen molar-refractivity contribution < 1.29 is 9.53 Å². The maximum Gasteiger partial charge on any atom is 0.211 e. The third-order valence-electron chi connectivity index (χ3n) is 4.58. The van der Waals surface area contributed by atoms with Crippen LogP contribution < -0.4 is 15.4 Å². The summed E-state index contributed by atoms with van der Waals surface area (Å²) in [7, 11) is 1.59. The number of amides is 1. The lowest BCUT2D eigenvalue weighted by molar-refractivity contribution is -0.105. The molecule has 0 atom stereocenters. The number of nitrogens with one attached hydrogen (secondary N) is 2. The van der Waals surface area contributed by atoms with Crippen LogP contribution in [0, 0.1) is 6.92 Å². The van der Waals surface area contributed by atoms with Gasteiger partial charge in [0.1, 0.15) is 5.75 Å². The first kappa shape index (κ1) is 18.8. The molecule has 4 aromatic rings. The van der Waals surface area contributed by atoms with Gasteiger partial charge < -0.3 is 15.4 Å². The van der Waals surface area contributed by atoms with Gasteiger partial charge in [0.05, 0.1) is 24.0 Å². The van der Waals surface area contributed by atoms with Crippen LogP contribution in [-0.4, -0.2) is 27.9 Å². The predicted molar refractivity (Wildman–Crippen MR) is 114 cm³/mol. The number of hydrogen-bond acceptors (Lipinski definition) is 5. The number of halogens is 1. The first-order valence-corrected chi connectivity index (χ1v) is 9.22. The first-order valence-electron chi connectivity index (χ1n) is 8.84. The minimum Gasteiger partial charge on any atom is -0.495 e. The Morgan fingerprint density at radius 3 is 2.76 bits per heavy atom. The van der Waals surface area contributed by atoms with E-state index < -0.39 is 0 Å². The second kappa shape index (κ2) is 7.81. The van der Waals surface area contributed by atoms with Crippen molar-refractivity contribution in [2.45, 2.75) is 6.92 Å². The van der Waals surface area contributed by atoms with Crippen LogP contribution in [0.5, 0.6) is 5.75 Å². The molecule has 29 heavy (non-hydrogen) atoms. The van der Waals surface area contributed by atoms with E-state index in [0.29, 0.717) is 28.6 Å². The second-order valence-corrected chi connectivity index (χ2v) is 6.79. The molecule has 2 N–H and O–H groups in total. The van der Waals surface area contributed by atoms with Crippen LogP contribution in [-0.2, 0) is 4.79 Å². The summed E-state index contributed by atoms with van der Waals surface area (Å²) in [6.07, 6.45) is 6.00. The molecule has 4 rings (SSSR count). The number of anilines is 3. The van der Waals surface area contributed by atoms with E-state index >= 15 is 0 Å².